The van der Waals surface area contributed by atoms with Crippen LogP contribution in [-0.2, 0) is 12.0 Å². The van der Waals surface area contributed by atoms with Gasteiger partial charge in [-0.05, 0) is 79.1 Å². The molecular weight excluding hydrogens is 463 g/mol. The summed E-state index contributed by atoms with van der Waals surface area (Å²) >= 11 is 0. The van der Waals surface area contributed by atoms with Gasteiger partial charge in [0.2, 0.25) is 0 Å². The quantitative estimate of drug-likeness (QED) is 0.277. The molecule has 0 radical (unpaired) electrons. The number of anilines is 1. The minimum Gasteiger partial charge on any atom is -0.318 e. The highest BCUT2D eigenvalue weighted by Gasteiger charge is 2.33. The number of aromatic nitrogens is 2. The second kappa shape index (κ2) is 10.3. The van der Waals surface area contributed by atoms with Gasteiger partial charge in [-0.1, -0.05) is 68.3 Å². The maximum Gasteiger partial charge on any atom is 0.274 e. The Morgan fingerprint density at radius 2 is 1.84 bits per heavy atom. The number of benzene rings is 3. The van der Waals surface area contributed by atoms with E-state index in [-0.39, 0.29) is 5.69 Å². The molecule has 5 rings (SSSR count). The van der Waals surface area contributed by atoms with Crippen molar-refractivity contribution < 1.29 is 9.18 Å². The first-order valence-corrected chi connectivity index (χ1v) is 13.0. The number of amides is 1. The molecule has 1 aliphatic rings. The van der Waals surface area contributed by atoms with Gasteiger partial charge in [0.05, 0.1) is 22.6 Å². The number of rotatable bonds is 9. The molecule has 0 bridgehead atoms. The molecule has 0 aliphatic heterocycles. The van der Waals surface area contributed by atoms with Crippen molar-refractivity contribution in [2.75, 3.05) is 5.32 Å². The summed E-state index contributed by atoms with van der Waals surface area (Å²) in [4.78, 5) is 13.4. The molecule has 190 valence electrons. The van der Waals surface area contributed by atoms with Crippen molar-refractivity contribution in [1.29, 1.82) is 0 Å². The molecule has 1 aliphatic carbocycles. The summed E-state index contributed by atoms with van der Waals surface area (Å²) in [6.07, 6.45) is 5.12. The van der Waals surface area contributed by atoms with Gasteiger partial charge in [0.1, 0.15) is 11.5 Å². The number of hydrogen-bond donors (Lipinski definition) is 2. The van der Waals surface area contributed by atoms with Gasteiger partial charge >= 0.3 is 0 Å². The molecule has 1 unspecified atom stereocenters. The highest BCUT2D eigenvalue weighted by molar-refractivity contribution is 6.03. The predicted octanol–water partition coefficient (Wildman–Crippen LogP) is 6.53. The summed E-state index contributed by atoms with van der Waals surface area (Å²) in [5.41, 5.74) is 11.1. The second-order valence-electron chi connectivity index (χ2n) is 10.1. The number of aryl methyl sites for hydroxylation is 2. The fraction of sp³-hybridized carbons (Fsp3) is 0.290. The first-order chi connectivity index (χ1) is 17.9. The molecule has 1 aromatic heterocycles. The lowest BCUT2D eigenvalue weighted by Crippen LogP contribution is -2.38. The number of nitrogens with two attached hydrogens (primary N) is 1. The Morgan fingerprint density at radius 3 is 2.57 bits per heavy atom. The van der Waals surface area contributed by atoms with Gasteiger partial charge in [0, 0.05) is 0 Å². The first-order valence-electron chi connectivity index (χ1n) is 13.0. The van der Waals surface area contributed by atoms with Crippen molar-refractivity contribution in [3.63, 3.8) is 0 Å². The van der Waals surface area contributed by atoms with Gasteiger partial charge in [0.25, 0.3) is 5.91 Å². The molecule has 1 atom stereocenters. The Balaban J connectivity index is 1.47. The van der Waals surface area contributed by atoms with Crippen LogP contribution in [0.4, 0.5) is 10.1 Å². The molecular formula is C31H33FN4O. The van der Waals surface area contributed by atoms with E-state index in [1.165, 1.54) is 18.9 Å². The van der Waals surface area contributed by atoms with Gasteiger partial charge in [-0.15, -0.1) is 0 Å². The summed E-state index contributed by atoms with van der Waals surface area (Å²) in [7, 11) is 0. The SMILES string of the molecule is CCc1cccc(-n2nc(C)cc2C(=O)Nc2cc(C(N)(CCC3CC3)c3ccccc3)ccc2F)c1. The Labute approximate surface area is 217 Å². The molecule has 5 nitrogen and oxygen atoms in total. The third-order valence-corrected chi connectivity index (χ3v) is 7.29. The minimum absolute atomic E-state index is 0.104. The maximum absolute atomic E-state index is 15.0. The molecule has 1 amide bonds. The molecule has 37 heavy (non-hydrogen) atoms. The maximum atomic E-state index is 15.0. The normalized spacial score (nSPS) is 14.8. The van der Waals surface area contributed by atoms with Crippen molar-refractivity contribution in [3.8, 4) is 5.69 Å². The average molecular weight is 497 g/mol. The van der Waals surface area contributed by atoms with Crippen LogP contribution in [0.1, 0.15) is 65.5 Å². The highest BCUT2D eigenvalue weighted by Crippen LogP contribution is 2.40. The van der Waals surface area contributed by atoms with Crippen molar-refractivity contribution >= 4 is 11.6 Å². The third-order valence-electron chi connectivity index (χ3n) is 7.29. The van der Waals surface area contributed by atoms with Gasteiger partial charge < -0.3 is 11.1 Å². The third kappa shape index (κ3) is 5.35. The second-order valence-corrected chi connectivity index (χ2v) is 10.1. The van der Waals surface area contributed by atoms with Crippen LogP contribution >= 0.6 is 0 Å². The molecule has 1 fully saturated rings. The van der Waals surface area contributed by atoms with Crippen LogP contribution in [0.15, 0.2) is 78.9 Å². The number of hydrogen-bond acceptors (Lipinski definition) is 3. The molecule has 0 saturated heterocycles. The van der Waals surface area contributed by atoms with Gasteiger partial charge in [-0.25, -0.2) is 9.07 Å². The van der Waals surface area contributed by atoms with Crippen LogP contribution in [0.3, 0.4) is 0 Å². The number of carbonyl (C=O) groups excluding carboxylic acids is 1. The zero-order chi connectivity index (χ0) is 26.0. The van der Waals surface area contributed by atoms with Crippen LogP contribution in [0.5, 0.6) is 0 Å². The Bertz CT molecular complexity index is 1410. The summed E-state index contributed by atoms with van der Waals surface area (Å²) in [5, 5.41) is 7.32. The van der Waals surface area contributed by atoms with E-state index < -0.39 is 17.3 Å². The lowest BCUT2D eigenvalue weighted by molar-refractivity contribution is 0.101. The fourth-order valence-electron chi connectivity index (χ4n) is 4.88. The Hall–Kier alpha value is -3.77. The zero-order valence-electron chi connectivity index (χ0n) is 21.4. The van der Waals surface area contributed by atoms with Crippen molar-refractivity contribution in [2.24, 2.45) is 11.7 Å². The highest BCUT2D eigenvalue weighted by atomic mass is 19.1. The van der Waals surface area contributed by atoms with E-state index in [1.807, 2.05) is 61.5 Å². The number of halogens is 1. The van der Waals surface area contributed by atoms with E-state index in [0.717, 1.165) is 41.6 Å². The van der Waals surface area contributed by atoms with Crippen LogP contribution in [0.2, 0.25) is 0 Å². The van der Waals surface area contributed by atoms with Crippen LogP contribution < -0.4 is 11.1 Å². The topological polar surface area (TPSA) is 72.9 Å². The van der Waals surface area contributed by atoms with Gasteiger partial charge in [0.15, 0.2) is 0 Å². The summed E-state index contributed by atoms with van der Waals surface area (Å²) in [6, 6.07) is 24.3. The van der Waals surface area contributed by atoms with Crippen molar-refractivity contribution in [3.05, 3.63) is 113 Å². The summed E-state index contributed by atoms with van der Waals surface area (Å²) in [6.45, 7) is 3.91. The van der Waals surface area contributed by atoms with E-state index in [2.05, 4.69) is 17.3 Å². The van der Waals surface area contributed by atoms with Crippen molar-refractivity contribution in [2.45, 2.75) is 51.5 Å². The molecule has 0 spiro atoms. The molecule has 4 aromatic rings. The average Bonchev–Trinajstić information content (AvgIpc) is 3.67. The van der Waals surface area contributed by atoms with Crippen LogP contribution in [0.25, 0.3) is 5.69 Å². The largest absolute Gasteiger partial charge is 0.318 e. The monoisotopic (exact) mass is 496 g/mol. The minimum atomic E-state index is -0.782. The van der Waals surface area contributed by atoms with E-state index in [4.69, 9.17) is 5.73 Å². The molecule has 1 saturated carbocycles. The molecule has 6 heteroatoms. The van der Waals surface area contributed by atoms with E-state index >= 15 is 4.39 Å². The molecule has 3 N–H and O–H groups in total. The summed E-state index contributed by atoms with van der Waals surface area (Å²) in [5.74, 6) is -0.231. The number of carbonyl (C=O) groups is 1. The van der Waals surface area contributed by atoms with Crippen LogP contribution in [-0.4, -0.2) is 15.7 Å². The first kappa shape index (κ1) is 24.9. The van der Waals surface area contributed by atoms with Crippen molar-refractivity contribution in [1.82, 2.24) is 9.78 Å². The fourth-order valence-corrected chi connectivity index (χ4v) is 4.88. The molecule has 3 aromatic carbocycles. The van der Waals surface area contributed by atoms with E-state index in [1.54, 1.807) is 22.9 Å². The Kier molecular flexibility index (Phi) is 6.94. The standard InChI is InChI=1S/C31H33FN4O/c1-3-22-8-7-11-26(19-22)36-29(18-21(2)35-36)30(37)34-28-20-25(14-15-27(28)32)31(33,17-16-23-12-13-23)24-9-5-4-6-10-24/h4-11,14-15,18-20,23H,3,12-13,16-17,33H2,1-2H3,(H,34,37). The van der Waals surface area contributed by atoms with E-state index in [0.29, 0.717) is 17.3 Å². The lowest BCUT2D eigenvalue weighted by Gasteiger charge is -2.31. The van der Waals surface area contributed by atoms with E-state index in [9.17, 15) is 4.79 Å². The molecule has 1 heterocycles. The van der Waals surface area contributed by atoms with Gasteiger partial charge in [-0.2, -0.15) is 5.10 Å². The number of nitrogens with zero attached hydrogens (tertiary/aromatic N) is 2. The summed E-state index contributed by atoms with van der Waals surface area (Å²) < 4.78 is 16.6. The van der Waals surface area contributed by atoms with Crippen LogP contribution in [0, 0.1) is 18.7 Å². The predicted molar refractivity (Wildman–Crippen MR) is 145 cm³/mol. The van der Waals surface area contributed by atoms with Gasteiger partial charge in [-0.3, -0.25) is 4.79 Å². The zero-order valence-corrected chi connectivity index (χ0v) is 21.4. The number of nitrogens with one attached hydrogen (secondary N) is 1. The Morgan fingerprint density at radius 1 is 1.05 bits per heavy atom. The smallest absolute Gasteiger partial charge is 0.274 e. The lowest BCUT2D eigenvalue weighted by atomic mass is 9.79.